The molecule has 1 aliphatic rings. The number of pyridine rings is 1. The lowest BCUT2D eigenvalue weighted by Crippen LogP contribution is -2.55. The second-order valence-electron chi connectivity index (χ2n) is 6.34. The van der Waals surface area contributed by atoms with Crippen LogP contribution in [-0.4, -0.2) is 53.4 Å². The molecule has 0 saturated carbocycles. The molecular formula is C16H17F3N6O. The Morgan fingerprint density at radius 2 is 2.27 bits per heavy atom. The van der Waals surface area contributed by atoms with Gasteiger partial charge in [0, 0.05) is 30.9 Å². The number of alkyl halides is 3. The predicted molar refractivity (Wildman–Crippen MR) is 88.3 cm³/mol. The Kier molecular flexibility index (Phi) is 4.63. The molecule has 0 aliphatic carbocycles. The molecule has 3 rings (SSSR count). The summed E-state index contributed by atoms with van der Waals surface area (Å²) < 4.78 is 37.0. The third-order valence-corrected chi connectivity index (χ3v) is 4.13. The number of urea groups is 1. The Hall–Kier alpha value is -2.96. The molecule has 3 heterocycles. The molecule has 2 amide bonds. The Balaban J connectivity index is 1.86. The van der Waals surface area contributed by atoms with Crippen LogP contribution in [0, 0.1) is 17.2 Å². The summed E-state index contributed by atoms with van der Waals surface area (Å²) in [6.45, 7) is 1.52. The van der Waals surface area contributed by atoms with E-state index in [-0.39, 0.29) is 12.6 Å². The zero-order chi connectivity index (χ0) is 18.9. The first-order valence-corrected chi connectivity index (χ1v) is 7.99. The first kappa shape index (κ1) is 17.8. The highest BCUT2D eigenvalue weighted by Crippen LogP contribution is 2.31. The normalized spacial score (nSPS) is 18.0. The molecule has 1 aliphatic heterocycles. The Morgan fingerprint density at radius 1 is 1.50 bits per heavy atom. The molecule has 138 valence electrons. The summed E-state index contributed by atoms with van der Waals surface area (Å²) in [6.07, 6.45) is -1.32. The van der Waals surface area contributed by atoms with Gasteiger partial charge in [-0.2, -0.15) is 18.4 Å². The molecule has 7 nitrogen and oxygen atoms in total. The SMILES string of the molecule is CC1CN(C(=O)NCC(F)(F)F)CN(c2c(C#N)cnc3[nH]ccc23)C1. The quantitative estimate of drug-likeness (QED) is 0.854. The van der Waals surface area contributed by atoms with Gasteiger partial charge in [-0.25, -0.2) is 9.78 Å². The number of hydrogen-bond donors (Lipinski definition) is 2. The van der Waals surface area contributed by atoms with Crippen molar-refractivity contribution in [3.63, 3.8) is 0 Å². The van der Waals surface area contributed by atoms with Crippen molar-refractivity contribution in [2.45, 2.75) is 13.1 Å². The van der Waals surface area contributed by atoms with Crippen LogP contribution in [0.2, 0.25) is 0 Å². The highest BCUT2D eigenvalue weighted by Gasteiger charge is 2.32. The second-order valence-corrected chi connectivity index (χ2v) is 6.34. The fourth-order valence-electron chi connectivity index (χ4n) is 3.14. The predicted octanol–water partition coefficient (Wildman–Crippen LogP) is 2.42. The van der Waals surface area contributed by atoms with Crippen LogP contribution in [0.1, 0.15) is 12.5 Å². The number of nitrogens with zero attached hydrogens (tertiary/aromatic N) is 4. The van der Waals surface area contributed by atoms with Gasteiger partial charge in [0.25, 0.3) is 0 Å². The summed E-state index contributed by atoms with van der Waals surface area (Å²) in [5, 5.41) is 12.0. The average Bonchev–Trinajstić information content (AvgIpc) is 3.06. The van der Waals surface area contributed by atoms with Gasteiger partial charge in [0.15, 0.2) is 0 Å². The number of fused-ring (bicyclic) bond motifs is 1. The van der Waals surface area contributed by atoms with Gasteiger partial charge in [0.05, 0.1) is 17.9 Å². The van der Waals surface area contributed by atoms with Crippen molar-refractivity contribution in [2.75, 3.05) is 31.2 Å². The molecule has 1 unspecified atom stereocenters. The number of halogens is 3. The molecule has 1 saturated heterocycles. The van der Waals surface area contributed by atoms with Gasteiger partial charge in [-0.1, -0.05) is 6.92 Å². The first-order chi connectivity index (χ1) is 12.3. The molecule has 0 aromatic carbocycles. The summed E-state index contributed by atoms with van der Waals surface area (Å²) in [5.74, 6) is 0.0223. The zero-order valence-electron chi connectivity index (χ0n) is 14.0. The fourth-order valence-corrected chi connectivity index (χ4v) is 3.14. The van der Waals surface area contributed by atoms with Crippen LogP contribution in [0.3, 0.4) is 0 Å². The van der Waals surface area contributed by atoms with Crippen LogP contribution in [0.5, 0.6) is 0 Å². The minimum absolute atomic E-state index is 0.0223. The van der Waals surface area contributed by atoms with Gasteiger partial charge in [-0.15, -0.1) is 0 Å². The van der Waals surface area contributed by atoms with Crippen molar-refractivity contribution in [3.05, 3.63) is 24.0 Å². The number of hydrogen-bond acceptors (Lipinski definition) is 4. The molecule has 1 atom stereocenters. The molecule has 2 aromatic heterocycles. The van der Waals surface area contributed by atoms with E-state index in [2.05, 4.69) is 16.0 Å². The fraction of sp³-hybridized carbons (Fsp3) is 0.438. The molecule has 1 fully saturated rings. The molecule has 0 radical (unpaired) electrons. The van der Waals surface area contributed by atoms with E-state index in [0.717, 1.165) is 5.39 Å². The molecule has 0 bridgehead atoms. The van der Waals surface area contributed by atoms with E-state index >= 15 is 0 Å². The Morgan fingerprint density at radius 3 is 2.96 bits per heavy atom. The van der Waals surface area contributed by atoms with Gasteiger partial charge in [0.2, 0.25) is 0 Å². The van der Waals surface area contributed by atoms with E-state index in [9.17, 15) is 23.2 Å². The van der Waals surface area contributed by atoms with Crippen molar-refractivity contribution in [1.82, 2.24) is 20.2 Å². The Bertz CT molecular complexity index is 856. The average molecular weight is 366 g/mol. The van der Waals surface area contributed by atoms with E-state index in [4.69, 9.17) is 0 Å². The van der Waals surface area contributed by atoms with Crippen LogP contribution in [-0.2, 0) is 0 Å². The number of aromatic amines is 1. The monoisotopic (exact) mass is 366 g/mol. The van der Waals surface area contributed by atoms with Gasteiger partial charge in [-0.3, -0.25) is 0 Å². The third-order valence-electron chi connectivity index (χ3n) is 4.13. The smallest absolute Gasteiger partial charge is 0.352 e. The Labute approximate surface area is 147 Å². The summed E-state index contributed by atoms with van der Waals surface area (Å²) in [7, 11) is 0. The lowest BCUT2D eigenvalue weighted by Gasteiger charge is -2.40. The summed E-state index contributed by atoms with van der Waals surface area (Å²) >= 11 is 0. The lowest BCUT2D eigenvalue weighted by molar-refractivity contribution is -0.123. The van der Waals surface area contributed by atoms with E-state index in [1.165, 1.54) is 11.1 Å². The van der Waals surface area contributed by atoms with E-state index in [1.807, 2.05) is 17.1 Å². The molecular weight excluding hydrogens is 349 g/mol. The van der Waals surface area contributed by atoms with Crippen LogP contribution < -0.4 is 10.2 Å². The topological polar surface area (TPSA) is 88.1 Å². The number of aromatic nitrogens is 2. The van der Waals surface area contributed by atoms with Gasteiger partial charge in [-0.05, 0) is 12.0 Å². The first-order valence-electron chi connectivity index (χ1n) is 7.99. The minimum atomic E-state index is -4.47. The summed E-state index contributed by atoms with van der Waals surface area (Å²) in [5.41, 5.74) is 1.58. The van der Waals surface area contributed by atoms with Crippen molar-refractivity contribution < 1.29 is 18.0 Å². The number of nitriles is 1. The van der Waals surface area contributed by atoms with Crippen LogP contribution in [0.15, 0.2) is 18.5 Å². The maximum absolute atomic E-state index is 12.3. The largest absolute Gasteiger partial charge is 0.405 e. The van der Waals surface area contributed by atoms with Gasteiger partial charge < -0.3 is 20.1 Å². The number of amides is 2. The van der Waals surface area contributed by atoms with Crippen LogP contribution in [0.25, 0.3) is 11.0 Å². The maximum atomic E-state index is 12.3. The van der Waals surface area contributed by atoms with Crippen LogP contribution in [0.4, 0.5) is 23.7 Å². The number of anilines is 1. The minimum Gasteiger partial charge on any atom is -0.352 e. The summed E-state index contributed by atoms with van der Waals surface area (Å²) in [6, 6.07) is 3.10. The second kappa shape index (κ2) is 6.74. The standard InChI is InChI=1S/C16H17F3N6O/c1-10-6-24(9-25(7-10)15(26)23-8-16(17,18)19)13-11(4-20)5-22-14-12(13)2-3-21-14/h2-3,5,10H,6-9H2,1H3,(H,21,22)(H,23,26). The maximum Gasteiger partial charge on any atom is 0.405 e. The van der Waals surface area contributed by atoms with Crippen LogP contribution >= 0.6 is 0 Å². The number of rotatable bonds is 2. The van der Waals surface area contributed by atoms with E-state index in [1.54, 1.807) is 12.3 Å². The molecule has 10 heteroatoms. The van der Waals surface area contributed by atoms with Crippen molar-refractivity contribution >= 4 is 22.8 Å². The zero-order valence-corrected chi connectivity index (χ0v) is 14.0. The molecule has 2 N–H and O–H groups in total. The molecule has 2 aromatic rings. The van der Waals surface area contributed by atoms with Crippen molar-refractivity contribution in [3.8, 4) is 6.07 Å². The number of H-pyrrole nitrogens is 1. The van der Waals surface area contributed by atoms with E-state index in [0.29, 0.717) is 30.0 Å². The number of carbonyl (C=O) groups is 1. The lowest BCUT2D eigenvalue weighted by atomic mass is 10.1. The van der Waals surface area contributed by atoms with Gasteiger partial charge >= 0.3 is 12.2 Å². The van der Waals surface area contributed by atoms with Crippen molar-refractivity contribution in [1.29, 1.82) is 5.26 Å². The highest BCUT2D eigenvalue weighted by molar-refractivity contribution is 5.93. The van der Waals surface area contributed by atoms with Crippen molar-refractivity contribution in [2.24, 2.45) is 5.92 Å². The number of nitrogens with one attached hydrogen (secondary N) is 2. The third kappa shape index (κ3) is 3.66. The highest BCUT2D eigenvalue weighted by atomic mass is 19.4. The summed E-state index contributed by atoms with van der Waals surface area (Å²) in [4.78, 5) is 22.4. The van der Waals surface area contributed by atoms with Gasteiger partial charge in [0.1, 0.15) is 18.3 Å². The number of carbonyl (C=O) groups excluding carboxylic acids is 1. The van der Waals surface area contributed by atoms with E-state index < -0.39 is 18.8 Å². The molecule has 0 spiro atoms. The molecule has 26 heavy (non-hydrogen) atoms.